The van der Waals surface area contributed by atoms with E-state index in [0.717, 1.165) is 25.8 Å². The lowest BCUT2D eigenvalue weighted by atomic mass is 9.87. The van der Waals surface area contributed by atoms with Crippen LogP contribution in [0.5, 0.6) is 0 Å². The molecule has 1 aliphatic rings. The topological polar surface area (TPSA) is 58.4 Å². The number of nitrogens with two attached hydrogens (primary N) is 1. The lowest BCUT2D eigenvalue weighted by Crippen LogP contribution is -2.69. The molecule has 0 unspecified atom stereocenters. The SMILES string of the molecule is CCCNC(=O)N1CC(N)(CCC)C1. The summed E-state index contributed by atoms with van der Waals surface area (Å²) in [5.74, 6) is 0. The van der Waals surface area contributed by atoms with E-state index in [2.05, 4.69) is 12.2 Å². The molecule has 1 rings (SSSR count). The van der Waals surface area contributed by atoms with Gasteiger partial charge in [0.15, 0.2) is 0 Å². The normalized spacial score (nSPS) is 18.9. The molecule has 3 N–H and O–H groups in total. The average Bonchev–Trinajstić information content (AvgIpc) is 2.10. The minimum Gasteiger partial charge on any atom is -0.338 e. The maximum Gasteiger partial charge on any atom is 0.317 e. The molecular formula is C10H21N3O. The molecule has 0 bridgehead atoms. The fourth-order valence-electron chi connectivity index (χ4n) is 1.86. The minimum absolute atomic E-state index is 0.0315. The molecule has 0 saturated carbocycles. The predicted octanol–water partition coefficient (Wildman–Crippen LogP) is 0.919. The van der Waals surface area contributed by atoms with Gasteiger partial charge < -0.3 is 16.0 Å². The van der Waals surface area contributed by atoms with E-state index in [4.69, 9.17) is 5.73 Å². The number of hydrogen-bond donors (Lipinski definition) is 2. The third-order valence-corrected chi connectivity index (χ3v) is 2.57. The number of rotatable bonds is 4. The fourth-order valence-corrected chi connectivity index (χ4v) is 1.86. The lowest BCUT2D eigenvalue weighted by molar-refractivity contribution is 0.0899. The van der Waals surface area contributed by atoms with Crippen molar-refractivity contribution in [2.75, 3.05) is 19.6 Å². The molecule has 4 nitrogen and oxygen atoms in total. The summed E-state index contributed by atoms with van der Waals surface area (Å²) in [6, 6.07) is 0.0315. The van der Waals surface area contributed by atoms with Crippen molar-refractivity contribution < 1.29 is 4.79 Å². The molecule has 0 aromatic rings. The number of nitrogens with zero attached hydrogens (tertiary/aromatic N) is 1. The van der Waals surface area contributed by atoms with Crippen molar-refractivity contribution >= 4 is 6.03 Å². The second-order valence-electron chi connectivity index (χ2n) is 4.20. The fraction of sp³-hybridized carbons (Fsp3) is 0.900. The number of hydrogen-bond acceptors (Lipinski definition) is 2. The summed E-state index contributed by atoms with van der Waals surface area (Å²) in [6.45, 7) is 6.32. The molecule has 82 valence electrons. The highest BCUT2D eigenvalue weighted by Gasteiger charge is 2.40. The van der Waals surface area contributed by atoms with E-state index in [9.17, 15) is 4.79 Å². The van der Waals surface area contributed by atoms with Gasteiger partial charge in [0.25, 0.3) is 0 Å². The summed E-state index contributed by atoms with van der Waals surface area (Å²) in [5, 5.41) is 2.85. The standard InChI is InChI=1S/C10H21N3O/c1-3-5-10(11)7-13(8-10)9(14)12-6-4-2/h3-8,11H2,1-2H3,(H,12,14). The van der Waals surface area contributed by atoms with Gasteiger partial charge in [-0.3, -0.25) is 0 Å². The summed E-state index contributed by atoms with van der Waals surface area (Å²) < 4.78 is 0. The van der Waals surface area contributed by atoms with E-state index in [1.165, 1.54) is 0 Å². The summed E-state index contributed by atoms with van der Waals surface area (Å²) in [5.41, 5.74) is 5.94. The lowest BCUT2D eigenvalue weighted by Gasteiger charge is -2.47. The van der Waals surface area contributed by atoms with Crippen LogP contribution >= 0.6 is 0 Å². The molecule has 0 aromatic heterocycles. The van der Waals surface area contributed by atoms with Crippen LogP contribution in [0.15, 0.2) is 0 Å². The molecule has 1 fully saturated rings. The first kappa shape index (κ1) is 11.3. The Morgan fingerprint density at radius 1 is 1.43 bits per heavy atom. The van der Waals surface area contributed by atoms with E-state index in [-0.39, 0.29) is 11.6 Å². The number of likely N-dealkylation sites (tertiary alicyclic amines) is 1. The van der Waals surface area contributed by atoms with Gasteiger partial charge in [-0.05, 0) is 12.8 Å². The maximum atomic E-state index is 11.4. The molecule has 0 aliphatic carbocycles. The number of carbonyl (C=O) groups is 1. The highest BCUT2D eigenvalue weighted by Crippen LogP contribution is 2.22. The van der Waals surface area contributed by atoms with Crippen LogP contribution in [0.2, 0.25) is 0 Å². The van der Waals surface area contributed by atoms with Crippen molar-refractivity contribution in [1.29, 1.82) is 0 Å². The zero-order valence-corrected chi connectivity index (χ0v) is 9.18. The van der Waals surface area contributed by atoms with Crippen LogP contribution in [0, 0.1) is 0 Å². The molecule has 1 heterocycles. The zero-order chi connectivity index (χ0) is 10.6. The van der Waals surface area contributed by atoms with Crippen molar-refractivity contribution in [2.45, 2.75) is 38.6 Å². The molecule has 1 aliphatic heterocycles. The highest BCUT2D eigenvalue weighted by atomic mass is 16.2. The van der Waals surface area contributed by atoms with Crippen LogP contribution in [-0.4, -0.2) is 36.1 Å². The monoisotopic (exact) mass is 199 g/mol. The van der Waals surface area contributed by atoms with Crippen LogP contribution in [0.25, 0.3) is 0 Å². The summed E-state index contributed by atoms with van der Waals surface area (Å²) in [7, 11) is 0. The van der Waals surface area contributed by atoms with E-state index >= 15 is 0 Å². The van der Waals surface area contributed by atoms with Gasteiger partial charge in [-0.2, -0.15) is 0 Å². The number of urea groups is 1. The Balaban J connectivity index is 2.22. The largest absolute Gasteiger partial charge is 0.338 e. The summed E-state index contributed by atoms with van der Waals surface area (Å²) >= 11 is 0. The zero-order valence-electron chi connectivity index (χ0n) is 9.18. The van der Waals surface area contributed by atoms with Crippen LogP contribution in [0.1, 0.15) is 33.1 Å². The van der Waals surface area contributed by atoms with Gasteiger partial charge in [0.2, 0.25) is 0 Å². The van der Waals surface area contributed by atoms with E-state index < -0.39 is 0 Å². The third kappa shape index (κ3) is 2.61. The first-order valence-corrected chi connectivity index (χ1v) is 5.43. The van der Waals surface area contributed by atoms with Gasteiger partial charge in [0.1, 0.15) is 0 Å². The van der Waals surface area contributed by atoms with Crippen LogP contribution in [-0.2, 0) is 0 Å². The van der Waals surface area contributed by atoms with Crippen LogP contribution in [0.3, 0.4) is 0 Å². The van der Waals surface area contributed by atoms with E-state index in [1.807, 2.05) is 6.92 Å². The first-order chi connectivity index (χ1) is 6.61. The van der Waals surface area contributed by atoms with Crippen molar-refractivity contribution in [3.8, 4) is 0 Å². The van der Waals surface area contributed by atoms with Gasteiger partial charge in [0.05, 0.1) is 5.54 Å². The van der Waals surface area contributed by atoms with Crippen molar-refractivity contribution in [2.24, 2.45) is 5.73 Å². The van der Waals surface area contributed by atoms with Crippen molar-refractivity contribution in [3.63, 3.8) is 0 Å². The molecule has 1 saturated heterocycles. The average molecular weight is 199 g/mol. The third-order valence-electron chi connectivity index (χ3n) is 2.57. The smallest absolute Gasteiger partial charge is 0.317 e. The van der Waals surface area contributed by atoms with Gasteiger partial charge in [-0.25, -0.2) is 4.79 Å². The van der Waals surface area contributed by atoms with Crippen molar-refractivity contribution in [3.05, 3.63) is 0 Å². The quantitative estimate of drug-likeness (QED) is 0.707. The molecule has 4 heteroatoms. The Hall–Kier alpha value is -0.770. The van der Waals surface area contributed by atoms with Gasteiger partial charge in [-0.15, -0.1) is 0 Å². The Bertz CT molecular complexity index is 200. The summed E-state index contributed by atoms with van der Waals surface area (Å²) in [4.78, 5) is 13.2. The number of amides is 2. The van der Waals surface area contributed by atoms with Crippen LogP contribution < -0.4 is 11.1 Å². The predicted molar refractivity (Wildman–Crippen MR) is 57.1 cm³/mol. The molecule has 2 amide bonds. The Kier molecular flexibility index (Phi) is 3.75. The molecule has 0 aromatic carbocycles. The van der Waals surface area contributed by atoms with Gasteiger partial charge in [0, 0.05) is 19.6 Å². The number of nitrogens with one attached hydrogen (secondary N) is 1. The second kappa shape index (κ2) is 4.64. The van der Waals surface area contributed by atoms with E-state index in [0.29, 0.717) is 13.1 Å². The Labute approximate surface area is 85.8 Å². The maximum absolute atomic E-state index is 11.4. The molecular weight excluding hydrogens is 178 g/mol. The molecule has 0 spiro atoms. The van der Waals surface area contributed by atoms with E-state index in [1.54, 1.807) is 4.90 Å². The van der Waals surface area contributed by atoms with Gasteiger partial charge in [-0.1, -0.05) is 20.3 Å². The summed E-state index contributed by atoms with van der Waals surface area (Å²) in [6.07, 6.45) is 3.06. The highest BCUT2D eigenvalue weighted by molar-refractivity contribution is 5.75. The Morgan fingerprint density at radius 2 is 2.07 bits per heavy atom. The van der Waals surface area contributed by atoms with Crippen molar-refractivity contribution in [1.82, 2.24) is 10.2 Å². The van der Waals surface area contributed by atoms with Crippen LogP contribution in [0.4, 0.5) is 4.79 Å². The molecule has 0 atom stereocenters. The Morgan fingerprint density at radius 3 is 2.57 bits per heavy atom. The molecule has 14 heavy (non-hydrogen) atoms. The molecule has 0 radical (unpaired) electrons. The minimum atomic E-state index is -0.113. The first-order valence-electron chi connectivity index (χ1n) is 5.43. The number of carbonyl (C=O) groups excluding carboxylic acids is 1. The second-order valence-corrected chi connectivity index (χ2v) is 4.20. The van der Waals surface area contributed by atoms with Gasteiger partial charge >= 0.3 is 6.03 Å².